The van der Waals surface area contributed by atoms with Crippen molar-refractivity contribution in [3.63, 3.8) is 0 Å². The predicted octanol–water partition coefficient (Wildman–Crippen LogP) is 0.563. The van der Waals surface area contributed by atoms with Gasteiger partial charge in [0.25, 0.3) is 5.91 Å². The van der Waals surface area contributed by atoms with E-state index in [1.54, 1.807) is 19.2 Å². The number of furan rings is 1. The molecule has 0 bridgehead atoms. The molecule has 0 aromatic carbocycles. The van der Waals surface area contributed by atoms with Crippen LogP contribution in [0.4, 0.5) is 0 Å². The van der Waals surface area contributed by atoms with Gasteiger partial charge in [0.1, 0.15) is 0 Å². The number of piperazine rings is 1. The van der Waals surface area contributed by atoms with Gasteiger partial charge in [-0.15, -0.1) is 24.0 Å². The first-order valence-corrected chi connectivity index (χ1v) is 8.86. The van der Waals surface area contributed by atoms with Crippen molar-refractivity contribution in [1.29, 1.82) is 0 Å². The van der Waals surface area contributed by atoms with E-state index in [9.17, 15) is 4.79 Å². The van der Waals surface area contributed by atoms with E-state index < -0.39 is 0 Å². The van der Waals surface area contributed by atoms with Crippen LogP contribution in [0, 0.1) is 0 Å². The van der Waals surface area contributed by atoms with Crippen LogP contribution in [-0.2, 0) is 4.74 Å². The second-order valence-corrected chi connectivity index (χ2v) is 6.18. The number of nitrogens with one attached hydrogen (secondary N) is 1. The molecule has 8 nitrogen and oxygen atoms in total. The maximum atomic E-state index is 12.3. The van der Waals surface area contributed by atoms with Gasteiger partial charge in [-0.3, -0.25) is 14.7 Å². The highest BCUT2D eigenvalue weighted by molar-refractivity contribution is 14.0. The Morgan fingerprint density at radius 3 is 2.46 bits per heavy atom. The summed E-state index contributed by atoms with van der Waals surface area (Å²) in [6, 6.07) is 3.45. The number of aliphatic imine (C=N–C) groups is 1. The Kier molecular flexibility index (Phi) is 8.66. The predicted molar refractivity (Wildman–Crippen MR) is 110 cm³/mol. The van der Waals surface area contributed by atoms with Crippen LogP contribution in [0.2, 0.25) is 0 Å². The first-order valence-electron chi connectivity index (χ1n) is 8.86. The van der Waals surface area contributed by atoms with E-state index in [4.69, 9.17) is 9.15 Å². The van der Waals surface area contributed by atoms with Gasteiger partial charge in [-0.1, -0.05) is 0 Å². The van der Waals surface area contributed by atoms with Crippen LogP contribution in [0.5, 0.6) is 0 Å². The molecule has 2 aliphatic heterocycles. The van der Waals surface area contributed by atoms with E-state index in [1.807, 2.05) is 4.90 Å². The van der Waals surface area contributed by atoms with Gasteiger partial charge in [0, 0.05) is 59.4 Å². The third-order valence-corrected chi connectivity index (χ3v) is 4.63. The number of carbonyl (C=O) groups is 1. The lowest BCUT2D eigenvalue weighted by Crippen LogP contribution is -2.54. The molecule has 0 saturated carbocycles. The van der Waals surface area contributed by atoms with Crippen molar-refractivity contribution in [2.45, 2.75) is 0 Å². The van der Waals surface area contributed by atoms with Crippen LogP contribution < -0.4 is 5.32 Å². The number of carbonyl (C=O) groups excluding carboxylic acids is 1. The van der Waals surface area contributed by atoms with Crippen molar-refractivity contribution < 1.29 is 13.9 Å². The van der Waals surface area contributed by atoms with Gasteiger partial charge in [0.2, 0.25) is 0 Å². The number of amides is 1. The molecule has 26 heavy (non-hydrogen) atoms. The van der Waals surface area contributed by atoms with Crippen LogP contribution in [-0.4, -0.2) is 99.2 Å². The number of ether oxygens (including phenoxy) is 1. The SMILES string of the molecule is CN=C(NCCN1CCOCC1)N1CCN(C(=O)c2ccco2)CC1.I. The molecule has 1 aromatic rings. The van der Waals surface area contributed by atoms with Gasteiger partial charge in [-0.25, -0.2) is 0 Å². The van der Waals surface area contributed by atoms with E-state index in [1.165, 1.54) is 6.26 Å². The first kappa shape index (κ1) is 21.0. The van der Waals surface area contributed by atoms with Crippen molar-refractivity contribution >= 4 is 35.8 Å². The molecule has 3 heterocycles. The summed E-state index contributed by atoms with van der Waals surface area (Å²) in [5.41, 5.74) is 0. The molecule has 0 radical (unpaired) electrons. The molecular weight excluding hydrogens is 449 g/mol. The van der Waals surface area contributed by atoms with E-state index in [-0.39, 0.29) is 29.9 Å². The Hall–Kier alpha value is -1.33. The van der Waals surface area contributed by atoms with E-state index in [0.717, 1.165) is 58.4 Å². The van der Waals surface area contributed by atoms with Crippen molar-refractivity contribution in [3.8, 4) is 0 Å². The quantitative estimate of drug-likeness (QED) is 0.389. The lowest BCUT2D eigenvalue weighted by atomic mass is 10.3. The van der Waals surface area contributed by atoms with Gasteiger partial charge in [-0.05, 0) is 12.1 Å². The fourth-order valence-electron chi connectivity index (χ4n) is 3.16. The molecule has 0 unspecified atom stereocenters. The highest BCUT2D eigenvalue weighted by Gasteiger charge is 2.25. The topological polar surface area (TPSA) is 73.6 Å². The summed E-state index contributed by atoms with van der Waals surface area (Å²) >= 11 is 0. The molecule has 146 valence electrons. The molecular formula is C17H28IN5O3. The average molecular weight is 477 g/mol. The zero-order valence-corrected chi connectivity index (χ0v) is 17.6. The number of nitrogens with zero attached hydrogens (tertiary/aromatic N) is 4. The molecule has 0 spiro atoms. The smallest absolute Gasteiger partial charge is 0.289 e. The fourth-order valence-corrected chi connectivity index (χ4v) is 3.16. The summed E-state index contributed by atoms with van der Waals surface area (Å²) in [7, 11) is 1.80. The summed E-state index contributed by atoms with van der Waals surface area (Å²) in [5.74, 6) is 1.26. The largest absolute Gasteiger partial charge is 0.459 e. The molecule has 3 rings (SSSR count). The third-order valence-electron chi connectivity index (χ3n) is 4.63. The van der Waals surface area contributed by atoms with E-state index in [0.29, 0.717) is 18.8 Å². The Morgan fingerprint density at radius 1 is 1.15 bits per heavy atom. The Labute approximate surface area is 171 Å². The summed E-state index contributed by atoms with van der Waals surface area (Å²) in [5, 5.41) is 3.43. The second kappa shape index (κ2) is 10.7. The number of morpholine rings is 1. The zero-order valence-electron chi connectivity index (χ0n) is 15.2. The second-order valence-electron chi connectivity index (χ2n) is 6.18. The summed E-state index contributed by atoms with van der Waals surface area (Å²) in [6.07, 6.45) is 1.53. The maximum absolute atomic E-state index is 12.3. The van der Waals surface area contributed by atoms with Crippen LogP contribution in [0.15, 0.2) is 27.8 Å². The van der Waals surface area contributed by atoms with Gasteiger partial charge in [0.05, 0.1) is 19.5 Å². The highest BCUT2D eigenvalue weighted by atomic mass is 127. The van der Waals surface area contributed by atoms with Gasteiger partial charge >= 0.3 is 0 Å². The van der Waals surface area contributed by atoms with Gasteiger partial charge in [-0.2, -0.15) is 0 Å². The van der Waals surface area contributed by atoms with Gasteiger partial charge in [0.15, 0.2) is 11.7 Å². The molecule has 9 heteroatoms. The number of guanidine groups is 1. The minimum atomic E-state index is -0.0417. The van der Waals surface area contributed by atoms with Crippen molar-refractivity contribution in [2.75, 3.05) is 72.6 Å². The molecule has 2 saturated heterocycles. The third kappa shape index (κ3) is 5.58. The standard InChI is InChI=1S/C17H27N5O3.HI/c1-18-17(19-4-5-20-10-13-24-14-11-20)22-8-6-21(7-9-22)16(23)15-3-2-12-25-15;/h2-3,12H,4-11,13-14H2,1H3,(H,18,19);1H. The molecule has 1 aromatic heterocycles. The van der Waals surface area contributed by atoms with Crippen LogP contribution in [0.25, 0.3) is 0 Å². The fraction of sp³-hybridized carbons (Fsp3) is 0.647. The molecule has 2 fully saturated rings. The Bertz CT molecular complexity index is 567. The molecule has 0 aliphatic carbocycles. The van der Waals surface area contributed by atoms with Crippen molar-refractivity contribution in [3.05, 3.63) is 24.2 Å². The monoisotopic (exact) mass is 477 g/mol. The van der Waals surface area contributed by atoms with E-state index >= 15 is 0 Å². The number of rotatable bonds is 4. The van der Waals surface area contributed by atoms with Crippen molar-refractivity contribution in [2.24, 2.45) is 4.99 Å². The minimum absolute atomic E-state index is 0. The summed E-state index contributed by atoms with van der Waals surface area (Å²) < 4.78 is 10.6. The lowest BCUT2D eigenvalue weighted by molar-refractivity contribution is 0.0388. The lowest BCUT2D eigenvalue weighted by Gasteiger charge is -2.36. The number of hydrogen-bond acceptors (Lipinski definition) is 5. The summed E-state index contributed by atoms with van der Waals surface area (Å²) in [4.78, 5) is 23.1. The van der Waals surface area contributed by atoms with Crippen LogP contribution in [0.1, 0.15) is 10.6 Å². The van der Waals surface area contributed by atoms with Gasteiger partial charge < -0.3 is 24.3 Å². The summed E-state index contributed by atoms with van der Waals surface area (Å²) in [6.45, 7) is 8.35. The first-order chi connectivity index (χ1) is 12.3. The molecule has 2 aliphatic rings. The van der Waals surface area contributed by atoms with E-state index in [2.05, 4.69) is 20.1 Å². The number of halogens is 1. The normalized spacial score (nSPS) is 19.2. The zero-order chi connectivity index (χ0) is 17.5. The number of hydrogen-bond donors (Lipinski definition) is 1. The molecule has 1 N–H and O–H groups in total. The molecule has 0 atom stereocenters. The minimum Gasteiger partial charge on any atom is -0.459 e. The molecule has 1 amide bonds. The highest BCUT2D eigenvalue weighted by Crippen LogP contribution is 2.09. The van der Waals surface area contributed by atoms with Crippen LogP contribution >= 0.6 is 24.0 Å². The average Bonchev–Trinajstić information content (AvgIpc) is 3.20. The van der Waals surface area contributed by atoms with Crippen molar-refractivity contribution in [1.82, 2.24) is 20.0 Å². The Balaban J connectivity index is 0.00000243. The Morgan fingerprint density at radius 2 is 1.85 bits per heavy atom. The van der Waals surface area contributed by atoms with Crippen LogP contribution in [0.3, 0.4) is 0 Å². The maximum Gasteiger partial charge on any atom is 0.289 e.